The normalized spacial score (nSPS) is 13.9. The summed E-state index contributed by atoms with van der Waals surface area (Å²) in [5.41, 5.74) is 6.72. The Balaban J connectivity index is 1.37. The summed E-state index contributed by atoms with van der Waals surface area (Å²) in [7, 11) is -6.30. The molecule has 8 aromatic rings. The topological polar surface area (TPSA) is 40.5 Å². The van der Waals surface area contributed by atoms with E-state index in [9.17, 15) is 10.2 Å². The van der Waals surface area contributed by atoms with Crippen molar-refractivity contribution in [1.82, 2.24) is 0 Å². The molecule has 294 valence electrons. The van der Waals surface area contributed by atoms with Crippen molar-refractivity contribution in [1.29, 1.82) is 0 Å². The van der Waals surface area contributed by atoms with Gasteiger partial charge in [-0.15, -0.1) is 0 Å². The molecule has 0 spiro atoms. The van der Waals surface area contributed by atoms with Crippen LogP contribution in [0.2, 0.25) is 0 Å². The summed E-state index contributed by atoms with van der Waals surface area (Å²) in [5.74, 6) is 0.649. The third-order valence-corrected chi connectivity index (χ3v) is 23.1. The second-order valence-corrected chi connectivity index (χ2v) is 24.2. The molecule has 0 amide bonds. The van der Waals surface area contributed by atoms with Gasteiger partial charge in [-0.25, -0.2) is 0 Å². The van der Waals surface area contributed by atoms with Gasteiger partial charge in [0.15, 0.2) is 16.1 Å². The number of hydrogen-bond acceptors (Lipinski definition) is 2. The minimum Gasteiger partial charge on any atom is -0.507 e. The molecule has 2 aliphatic carbocycles. The smallest absolute Gasteiger partial charge is 0.183 e. The van der Waals surface area contributed by atoms with E-state index in [-0.39, 0.29) is 0 Å². The molecule has 0 atom stereocenters. The van der Waals surface area contributed by atoms with Gasteiger partial charge in [0, 0.05) is 11.1 Å². The van der Waals surface area contributed by atoms with Crippen molar-refractivity contribution in [3.63, 3.8) is 0 Å². The summed E-state index contributed by atoms with van der Waals surface area (Å²) in [6.07, 6.45) is 7.92. The predicted molar refractivity (Wildman–Crippen MR) is 256 cm³/mol. The van der Waals surface area contributed by atoms with Crippen LogP contribution in [0.25, 0.3) is 11.1 Å². The summed E-state index contributed by atoms with van der Waals surface area (Å²) in [6.45, 7) is 0. The Hall–Kier alpha value is -6.21. The van der Waals surface area contributed by atoms with Gasteiger partial charge in [-0.2, -0.15) is 0 Å². The number of rotatable bonds is 9. The van der Waals surface area contributed by atoms with Crippen LogP contribution < -0.4 is 41.5 Å². The quantitative estimate of drug-likeness (QED) is 0.119. The van der Waals surface area contributed by atoms with Crippen molar-refractivity contribution in [3.8, 4) is 22.6 Å². The molecular weight excluding hydrogens is 761 g/mol. The largest absolute Gasteiger partial charge is 0.507 e. The maximum Gasteiger partial charge on any atom is 0.183 e. The first kappa shape index (κ1) is 38.0. The summed E-state index contributed by atoms with van der Waals surface area (Å²) >= 11 is 0. The van der Waals surface area contributed by atoms with E-state index < -0.39 is 16.1 Å². The monoisotopic (exact) mass is 810 g/mol. The van der Waals surface area contributed by atoms with Crippen LogP contribution in [-0.2, 0) is 25.7 Å². The van der Waals surface area contributed by atoms with Gasteiger partial charge in [0.25, 0.3) is 0 Å². The number of aromatic hydroxyl groups is 2. The molecule has 0 aliphatic heterocycles. The first-order chi connectivity index (χ1) is 29.6. The molecule has 8 aromatic carbocycles. The van der Waals surface area contributed by atoms with Crippen molar-refractivity contribution in [2.45, 2.75) is 51.4 Å². The fourth-order valence-electron chi connectivity index (χ4n) is 11.0. The van der Waals surface area contributed by atoms with Gasteiger partial charge >= 0.3 is 0 Å². The highest BCUT2D eigenvalue weighted by Crippen LogP contribution is 2.46. The standard InChI is InChI=1S/C56H50O2Si2/c57-55-51(59(43-25-7-1-8-26-43,44-27-9-2-10-28-44)45-29-11-3-12-30-45)39-41-23-19-21-37-49(41)53(55)54-50-38-22-20-24-42(50)40-52(56(54)58)60(46-31-13-4-14-32-46,47-33-15-5-16-34-47)48-35-17-6-18-36-48/h1-18,25-36,39-40,57-58H,19-24,37-38H2. The van der Waals surface area contributed by atoms with Crippen LogP contribution in [0.5, 0.6) is 11.5 Å². The molecule has 2 aliphatic rings. The van der Waals surface area contributed by atoms with Gasteiger partial charge in [0.05, 0.1) is 0 Å². The number of phenols is 2. The molecule has 0 fully saturated rings. The molecule has 0 aromatic heterocycles. The molecule has 0 heterocycles. The maximum atomic E-state index is 13.7. The molecule has 10 rings (SSSR count). The second-order valence-electron chi connectivity index (χ2n) is 16.7. The van der Waals surface area contributed by atoms with Gasteiger partial charge in [-0.1, -0.05) is 194 Å². The zero-order valence-electron chi connectivity index (χ0n) is 34.0. The van der Waals surface area contributed by atoms with Crippen molar-refractivity contribution in [3.05, 3.63) is 216 Å². The van der Waals surface area contributed by atoms with Gasteiger partial charge < -0.3 is 10.2 Å². The summed E-state index contributed by atoms with van der Waals surface area (Å²) in [4.78, 5) is 0. The lowest BCUT2D eigenvalue weighted by Crippen LogP contribution is -2.75. The Morgan fingerprint density at radius 2 is 0.533 bits per heavy atom. The van der Waals surface area contributed by atoms with E-state index in [1.165, 1.54) is 53.4 Å². The molecule has 0 unspecified atom stereocenters. The van der Waals surface area contributed by atoms with E-state index in [0.29, 0.717) is 11.5 Å². The van der Waals surface area contributed by atoms with Gasteiger partial charge in [-0.05, 0) is 115 Å². The predicted octanol–water partition coefficient (Wildman–Crippen LogP) is 7.28. The van der Waals surface area contributed by atoms with Crippen molar-refractivity contribution >= 4 is 57.6 Å². The van der Waals surface area contributed by atoms with Crippen LogP contribution in [0.4, 0.5) is 0 Å². The minimum absolute atomic E-state index is 0.325. The first-order valence-corrected chi connectivity index (χ1v) is 25.7. The van der Waals surface area contributed by atoms with Gasteiger partial charge in [-0.3, -0.25) is 0 Å². The molecule has 0 saturated carbocycles. The number of benzene rings is 8. The second kappa shape index (κ2) is 16.1. The molecule has 0 radical (unpaired) electrons. The SMILES string of the molecule is Oc1c([Si](c2ccccc2)(c2ccccc2)c2ccccc2)cc2c(c1-c1c(O)c([Si](c3ccccc3)(c3ccccc3)c3ccccc3)cc3c1CCCC3)CCCC2. The lowest BCUT2D eigenvalue weighted by Gasteiger charge is -2.38. The van der Waals surface area contributed by atoms with Crippen LogP contribution in [0, 0.1) is 0 Å². The molecule has 2 nitrogen and oxygen atoms in total. The van der Waals surface area contributed by atoms with E-state index in [1.807, 2.05) is 0 Å². The number of hydrogen-bond donors (Lipinski definition) is 2. The Morgan fingerprint density at radius 3 is 0.783 bits per heavy atom. The van der Waals surface area contributed by atoms with Crippen LogP contribution in [-0.4, -0.2) is 26.4 Å². The van der Waals surface area contributed by atoms with Crippen molar-refractivity contribution < 1.29 is 10.2 Å². The number of phenolic OH excluding ortho intramolecular Hbond substituents is 2. The highest BCUT2D eigenvalue weighted by molar-refractivity contribution is 7.21. The van der Waals surface area contributed by atoms with E-state index in [2.05, 4.69) is 194 Å². The van der Waals surface area contributed by atoms with Crippen molar-refractivity contribution in [2.75, 3.05) is 0 Å². The maximum absolute atomic E-state index is 13.7. The summed E-state index contributed by atoms with van der Waals surface area (Å²) < 4.78 is 0. The first-order valence-electron chi connectivity index (χ1n) is 21.7. The van der Waals surface area contributed by atoms with Gasteiger partial charge in [0.2, 0.25) is 0 Å². The Labute approximate surface area is 356 Å². The zero-order chi connectivity index (χ0) is 40.5. The molecule has 60 heavy (non-hydrogen) atoms. The van der Waals surface area contributed by atoms with Crippen LogP contribution in [0.1, 0.15) is 47.9 Å². The van der Waals surface area contributed by atoms with Crippen LogP contribution in [0.3, 0.4) is 0 Å². The van der Waals surface area contributed by atoms with Crippen LogP contribution >= 0.6 is 0 Å². The fourth-order valence-corrected chi connectivity index (χ4v) is 20.7. The molecule has 0 saturated heterocycles. The number of fused-ring (bicyclic) bond motifs is 2. The highest BCUT2D eigenvalue weighted by Gasteiger charge is 2.47. The summed E-state index contributed by atoms with van der Waals surface area (Å²) in [6, 6.07) is 70.3. The van der Waals surface area contributed by atoms with E-state index >= 15 is 0 Å². The average Bonchev–Trinajstić information content (AvgIpc) is 3.32. The highest BCUT2D eigenvalue weighted by atomic mass is 28.3. The average molecular weight is 811 g/mol. The zero-order valence-corrected chi connectivity index (χ0v) is 36.0. The Morgan fingerprint density at radius 1 is 0.300 bits per heavy atom. The van der Waals surface area contributed by atoms with Crippen LogP contribution in [0.15, 0.2) is 194 Å². The van der Waals surface area contributed by atoms with Gasteiger partial charge in [0.1, 0.15) is 11.5 Å². The lowest BCUT2D eigenvalue weighted by molar-refractivity contribution is 0.470. The fraction of sp³-hybridized carbons (Fsp3) is 0.143. The Bertz CT molecular complexity index is 2370. The number of aryl methyl sites for hydroxylation is 2. The van der Waals surface area contributed by atoms with E-state index in [4.69, 9.17) is 0 Å². The third kappa shape index (κ3) is 6.12. The molecule has 2 N–H and O–H groups in total. The Kier molecular flexibility index (Phi) is 10.2. The van der Waals surface area contributed by atoms with E-state index in [0.717, 1.165) is 72.9 Å². The third-order valence-electron chi connectivity index (χ3n) is 13.5. The lowest BCUT2D eigenvalue weighted by atomic mass is 9.80. The molecular formula is C56H50O2Si2. The van der Waals surface area contributed by atoms with Crippen molar-refractivity contribution in [2.24, 2.45) is 0 Å². The minimum atomic E-state index is -3.15. The summed E-state index contributed by atoms with van der Waals surface area (Å²) in [5, 5.41) is 36.8. The van der Waals surface area contributed by atoms with E-state index in [1.54, 1.807) is 0 Å². The molecule has 0 bridgehead atoms. The molecule has 4 heteroatoms.